The molecule has 1 amide bonds. The van der Waals surface area contributed by atoms with Crippen LogP contribution >= 0.6 is 11.6 Å². The summed E-state index contributed by atoms with van der Waals surface area (Å²) in [4.78, 5) is 12.2. The Morgan fingerprint density at radius 2 is 2.25 bits per heavy atom. The van der Waals surface area contributed by atoms with E-state index in [1.54, 1.807) is 18.2 Å². The second kappa shape index (κ2) is 6.96. The van der Waals surface area contributed by atoms with Gasteiger partial charge in [0.15, 0.2) is 0 Å². The van der Waals surface area contributed by atoms with E-state index in [1.807, 2.05) is 6.07 Å². The Morgan fingerprint density at radius 1 is 1.40 bits per heavy atom. The van der Waals surface area contributed by atoms with Crippen LogP contribution in [0.15, 0.2) is 35.1 Å². The normalized spacial score (nSPS) is 10.3. The number of nitrogens with zero attached hydrogens (tertiary/aromatic N) is 1. The van der Waals surface area contributed by atoms with Crippen molar-refractivity contribution < 1.29 is 9.32 Å². The van der Waals surface area contributed by atoms with Gasteiger partial charge in [-0.1, -0.05) is 23.7 Å². The Bertz CT molecular complexity index is 570. The number of hydrogen-bond acceptors (Lipinski definition) is 4. The molecule has 0 atom stereocenters. The van der Waals surface area contributed by atoms with Gasteiger partial charge >= 0.3 is 0 Å². The van der Waals surface area contributed by atoms with Gasteiger partial charge in [0, 0.05) is 23.3 Å². The fourth-order valence-corrected chi connectivity index (χ4v) is 1.89. The predicted octanol–water partition coefficient (Wildman–Crippen LogP) is 3.08. The van der Waals surface area contributed by atoms with Gasteiger partial charge in [-0.2, -0.15) is 0 Å². The van der Waals surface area contributed by atoms with Crippen molar-refractivity contribution in [3.8, 4) is 0 Å². The maximum atomic E-state index is 12.2. The van der Waals surface area contributed by atoms with Crippen molar-refractivity contribution in [3.63, 3.8) is 0 Å². The summed E-state index contributed by atoms with van der Waals surface area (Å²) < 4.78 is 4.71. The zero-order chi connectivity index (χ0) is 14.4. The van der Waals surface area contributed by atoms with Gasteiger partial charge in [-0.05, 0) is 24.6 Å². The molecule has 6 heteroatoms. The third-order valence-corrected chi connectivity index (χ3v) is 2.95. The van der Waals surface area contributed by atoms with E-state index in [9.17, 15) is 4.79 Å². The quantitative estimate of drug-likeness (QED) is 0.859. The van der Waals surface area contributed by atoms with E-state index in [2.05, 4.69) is 22.7 Å². The Labute approximate surface area is 122 Å². The Kier molecular flexibility index (Phi) is 5.01. The van der Waals surface area contributed by atoms with E-state index in [4.69, 9.17) is 16.1 Å². The minimum Gasteiger partial charge on any atom is -0.384 e. The number of hydrogen-bond donors (Lipinski definition) is 2. The number of halogens is 1. The minimum absolute atomic E-state index is 0.200. The van der Waals surface area contributed by atoms with Gasteiger partial charge in [0.1, 0.15) is 12.0 Å². The van der Waals surface area contributed by atoms with Crippen LogP contribution in [0.5, 0.6) is 0 Å². The number of amides is 1. The first kappa shape index (κ1) is 14.4. The molecule has 1 aromatic carbocycles. The summed E-state index contributed by atoms with van der Waals surface area (Å²) >= 11 is 5.96. The van der Waals surface area contributed by atoms with Crippen LogP contribution in [0.25, 0.3) is 0 Å². The monoisotopic (exact) mass is 293 g/mol. The molecule has 0 aliphatic rings. The van der Waals surface area contributed by atoms with Gasteiger partial charge in [0.2, 0.25) is 0 Å². The van der Waals surface area contributed by atoms with Crippen molar-refractivity contribution in [1.29, 1.82) is 0 Å². The van der Waals surface area contributed by atoms with Crippen LogP contribution < -0.4 is 10.6 Å². The molecule has 0 saturated carbocycles. The van der Waals surface area contributed by atoms with E-state index in [0.717, 1.165) is 18.7 Å². The van der Waals surface area contributed by atoms with Gasteiger partial charge in [-0.15, -0.1) is 0 Å². The molecule has 1 aromatic heterocycles. The molecule has 106 valence electrons. The first-order chi connectivity index (χ1) is 9.70. The first-order valence-corrected chi connectivity index (χ1v) is 6.79. The molecule has 1 heterocycles. The lowest BCUT2D eigenvalue weighted by Crippen LogP contribution is -2.24. The summed E-state index contributed by atoms with van der Waals surface area (Å²) in [5.41, 5.74) is 1.96. The van der Waals surface area contributed by atoms with Gasteiger partial charge in [-0.25, -0.2) is 0 Å². The standard InChI is InChI=1S/C14H16ClN3O2/c1-2-6-16-13-4-3-10(15)8-12(13)14(19)17-9-11-5-7-20-18-11/h3-5,7-8,16H,2,6,9H2,1H3,(H,17,19). The predicted molar refractivity (Wildman–Crippen MR) is 77.9 cm³/mol. The molecule has 20 heavy (non-hydrogen) atoms. The average molecular weight is 294 g/mol. The second-order valence-electron chi connectivity index (χ2n) is 4.29. The molecule has 0 saturated heterocycles. The van der Waals surface area contributed by atoms with Crippen LogP contribution in [-0.4, -0.2) is 17.6 Å². The maximum Gasteiger partial charge on any atom is 0.253 e. The molecule has 0 aliphatic carbocycles. The highest BCUT2D eigenvalue weighted by atomic mass is 35.5. The molecule has 0 aliphatic heterocycles. The fraction of sp³-hybridized carbons (Fsp3) is 0.286. The topological polar surface area (TPSA) is 67.2 Å². The first-order valence-electron chi connectivity index (χ1n) is 6.41. The van der Waals surface area contributed by atoms with Crippen molar-refractivity contribution >= 4 is 23.2 Å². The fourth-order valence-electron chi connectivity index (χ4n) is 1.71. The lowest BCUT2D eigenvalue weighted by molar-refractivity contribution is 0.0951. The van der Waals surface area contributed by atoms with Crippen molar-refractivity contribution in [3.05, 3.63) is 46.8 Å². The molecular formula is C14H16ClN3O2. The van der Waals surface area contributed by atoms with Gasteiger partial charge < -0.3 is 15.2 Å². The van der Waals surface area contributed by atoms with Crippen LogP contribution in [0.3, 0.4) is 0 Å². The molecular weight excluding hydrogens is 278 g/mol. The van der Waals surface area contributed by atoms with Crippen molar-refractivity contribution in [2.24, 2.45) is 0 Å². The highest BCUT2D eigenvalue weighted by molar-refractivity contribution is 6.31. The number of benzene rings is 1. The summed E-state index contributed by atoms with van der Waals surface area (Å²) in [7, 11) is 0. The zero-order valence-electron chi connectivity index (χ0n) is 11.1. The number of carbonyl (C=O) groups is 1. The van der Waals surface area contributed by atoms with E-state index in [-0.39, 0.29) is 5.91 Å². The molecule has 0 fully saturated rings. The number of carbonyl (C=O) groups excluding carboxylic acids is 1. The van der Waals surface area contributed by atoms with Crippen LogP contribution in [0.1, 0.15) is 29.4 Å². The number of rotatable bonds is 6. The summed E-state index contributed by atoms with van der Waals surface area (Å²) in [6.45, 7) is 3.17. The van der Waals surface area contributed by atoms with Gasteiger partial charge in [0.05, 0.1) is 12.1 Å². The molecule has 0 unspecified atom stereocenters. The minimum atomic E-state index is -0.200. The Hall–Kier alpha value is -2.01. The van der Waals surface area contributed by atoms with Crippen LogP contribution in [0, 0.1) is 0 Å². The van der Waals surface area contributed by atoms with Crippen LogP contribution in [0.2, 0.25) is 5.02 Å². The zero-order valence-corrected chi connectivity index (χ0v) is 11.9. The average Bonchev–Trinajstić information content (AvgIpc) is 2.96. The van der Waals surface area contributed by atoms with Crippen molar-refractivity contribution in [1.82, 2.24) is 10.5 Å². The number of aromatic nitrogens is 1. The number of anilines is 1. The molecule has 0 radical (unpaired) electrons. The Balaban J connectivity index is 2.08. The third kappa shape index (κ3) is 3.74. The van der Waals surface area contributed by atoms with E-state index in [0.29, 0.717) is 22.8 Å². The highest BCUT2D eigenvalue weighted by Gasteiger charge is 2.12. The highest BCUT2D eigenvalue weighted by Crippen LogP contribution is 2.20. The number of nitrogens with one attached hydrogen (secondary N) is 2. The lowest BCUT2D eigenvalue weighted by Gasteiger charge is -2.11. The molecule has 0 bridgehead atoms. The van der Waals surface area contributed by atoms with E-state index >= 15 is 0 Å². The van der Waals surface area contributed by atoms with Crippen molar-refractivity contribution in [2.45, 2.75) is 19.9 Å². The molecule has 2 rings (SSSR count). The summed E-state index contributed by atoms with van der Waals surface area (Å²) in [6, 6.07) is 6.92. The lowest BCUT2D eigenvalue weighted by atomic mass is 10.1. The smallest absolute Gasteiger partial charge is 0.253 e. The summed E-state index contributed by atoms with van der Waals surface area (Å²) in [5, 5.41) is 10.3. The van der Waals surface area contributed by atoms with Gasteiger partial charge in [-0.3, -0.25) is 4.79 Å². The summed E-state index contributed by atoms with van der Waals surface area (Å²) in [5.74, 6) is -0.200. The van der Waals surface area contributed by atoms with E-state index < -0.39 is 0 Å². The Morgan fingerprint density at radius 3 is 2.95 bits per heavy atom. The molecule has 2 N–H and O–H groups in total. The molecule has 5 nitrogen and oxygen atoms in total. The largest absolute Gasteiger partial charge is 0.384 e. The summed E-state index contributed by atoms with van der Waals surface area (Å²) in [6.07, 6.45) is 2.44. The SMILES string of the molecule is CCCNc1ccc(Cl)cc1C(=O)NCc1ccon1. The van der Waals surface area contributed by atoms with E-state index in [1.165, 1.54) is 6.26 Å². The van der Waals surface area contributed by atoms with Crippen molar-refractivity contribution in [2.75, 3.05) is 11.9 Å². The maximum absolute atomic E-state index is 12.2. The molecule has 2 aromatic rings. The van der Waals surface area contributed by atoms with Crippen LogP contribution in [0.4, 0.5) is 5.69 Å². The second-order valence-corrected chi connectivity index (χ2v) is 4.73. The molecule has 0 spiro atoms. The van der Waals surface area contributed by atoms with Crippen LogP contribution in [-0.2, 0) is 6.54 Å². The van der Waals surface area contributed by atoms with Gasteiger partial charge in [0.25, 0.3) is 5.91 Å². The third-order valence-electron chi connectivity index (χ3n) is 2.71.